The van der Waals surface area contributed by atoms with Crippen LogP contribution in [-0.2, 0) is 10.0 Å². The van der Waals surface area contributed by atoms with Gasteiger partial charge >= 0.3 is 0 Å². The standard InChI is InChI=1S/C9H14N4O2S/c1-6(5-10)13(4)16(14,15)9-7(2)11-12-8(9)3/h6H,1-4H3,(H,11,12). The lowest BCUT2D eigenvalue weighted by Crippen LogP contribution is -2.34. The maximum atomic E-state index is 12.2. The number of rotatable bonds is 3. The monoisotopic (exact) mass is 242 g/mol. The van der Waals surface area contributed by atoms with Crippen molar-refractivity contribution in [2.24, 2.45) is 0 Å². The SMILES string of the molecule is Cc1n[nH]c(C)c1S(=O)(=O)N(C)C(C)C#N. The number of hydrogen-bond acceptors (Lipinski definition) is 4. The van der Waals surface area contributed by atoms with Crippen LogP contribution in [0.4, 0.5) is 0 Å². The molecule has 0 aliphatic rings. The highest BCUT2D eigenvalue weighted by Crippen LogP contribution is 2.21. The Morgan fingerprint density at radius 2 is 2.06 bits per heavy atom. The van der Waals surface area contributed by atoms with Crippen LogP contribution in [0.2, 0.25) is 0 Å². The summed E-state index contributed by atoms with van der Waals surface area (Å²) < 4.78 is 25.3. The molecule has 1 heterocycles. The van der Waals surface area contributed by atoms with Crippen LogP contribution in [0.25, 0.3) is 0 Å². The first kappa shape index (κ1) is 12.7. The second-order valence-electron chi connectivity index (χ2n) is 3.59. The molecule has 0 spiro atoms. The van der Waals surface area contributed by atoms with E-state index in [2.05, 4.69) is 10.2 Å². The van der Waals surface area contributed by atoms with E-state index in [1.54, 1.807) is 13.8 Å². The number of nitrogens with zero attached hydrogens (tertiary/aromatic N) is 3. The molecular weight excluding hydrogens is 228 g/mol. The number of nitriles is 1. The summed E-state index contributed by atoms with van der Waals surface area (Å²) in [5.74, 6) is 0. The smallest absolute Gasteiger partial charge is 0.247 e. The van der Waals surface area contributed by atoms with Crippen molar-refractivity contribution in [1.29, 1.82) is 5.26 Å². The van der Waals surface area contributed by atoms with Crippen molar-refractivity contribution in [3.05, 3.63) is 11.4 Å². The topological polar surface area (TPSA) is 89.8 Å². The molecule has 6 nitrogen and oxygen atoms in total. The number of H-pyrrole nitrogens is 1. The van der Waals surface area contributed by atoms with Crippen LogP contribution in [0.3, 0.4) is 0 Å². The molecule has 0 aliphatic heterocycles. The summed E-state index contributed by atoms with van der Waals surface area (Å²) in [5.41, 5.74) is 0.893. The third-order valence-corrected chi connectivity index (χ3v) is 4.62. The summed E-state index contributed by atoms with van der Waals surface area (Å²) in [7, 11) is -2.27. The Labute approximate surface area is 94.9 Å². The molecule has 16 heavy (non-hydrogen) atoms. The highest BCUT2D eigenvalue weighted by molar-refractivity contribution is 7.89. The first-order valence-electron chi connectivity index (χ1n) is 4.71. The van der Waals surface area contributed by atoms with Crippen LogP contribution >= 0.6 is 0 Å². The summed E-state index contributed by atoms with van der Waals surface area (Å²) >= 11 is 0. The zero-order valence-corrected chi connectivity index (χ0v) is 10.5. The maximum absolute atomic E-state index is 12.2. The molecule has 0 radical (unpaired) electrons. The fourth-order valence-electron chi connectivity index (χ4n) is 1.35. The van der Waals surface area contributed by atoms with Crippen molar-refractivity contribution in [1.82, 2.24) is 14.5 Å². The zero-order chi connectivity index (χ0) is 12.5. The molecule has 0 aromatic carbocycles. The van der Waals surface area contributed by atoms with E-state index in [1.807, 2.05) is 6.07 Å². The van der Waals surface area contributed by atoms with E-state index in [9.17, 15) is 8.42 Å². The first-order chi connectivity index (χ1) is 7.32. The van der Waals surface area contributed by atoms with Gasteiger partial charge in [-0.15, -0.1) is 0 Å². The van der Waals surface area contributed by atoms with Crippen LogP contribution in [0.5, 0.6) is 0 Å². The van der Waals surface area contributed by atoms with Crippen LogP contribution < -0.4 is 0 Å². The predicted octanol–water partition coefficient (Wildman–Crippen LogP) is 0.559. The lowest BCUT2D eigenvalue weighted by Gasteiger charge is -2.18. The molecule has 0 saturated heterocycles. The number of aromatic nitrogens is 2. The second-order valence-corrected chi connectivity index (χ2v) is 5.52. The van der Waals surface area contributed by atoms with Gasteiger partial charge in [-0.05, 0) is 20.8 Å². The van der Waals surface area contributed by atoms with Gasteiger partial charge in [-0.3, -0.25) is 5.10 Å². The normalized spacial score (nSPS) is 13.8. The molecule has 0 saturated carbocycles. The minimum atomic E-state index is -3.65. The second kappa shape index (κ2) is 4.23. The van der Waals surface area contributed by atoms with Gasteiger partial charge in [0, 0.05) is 7.05 Å². The third-order valence-electron chi connectivity index (χ3n) is 2.43. The molecule has 1 unspecified atom stereocenters. The number of sulfonamides is 1. The van der Waals surface area contributed by atoms with Crippen molar-refractivity contribution in [3.8, 4) is 6.07 Å². The molecule has 1 atom stereocenters. The Bertz CT molecular complexity index is 507. The van der Waals surface area contributed by atoms with Crippen molar-refractivity contribution >= 4 is 10.0 Å². The van der Waals surface area contributed by atoms with E-state index in [1.165, 1.54) is 14.0 Å². The molecular formula is C9H14N4O2S. The lowest BCUT2D eigenvalue weighted by atomic mass is 10.4. The largest absolute Gasteiger partial charge is 0.281 e. The van der Waals surface area contributed by atoms with Gasteiger partial charge in [-0.2, -0.15) is 14.7 Å². The first-order valence-corrected chi connectivity index (χ1v) is 6.15. The van der Waals surface area contributed by atoms with Gasteiger partial charge in [-0.1, -0.05) is 0 Å². The number of aromatic amines is 1. The van der Waals surface area contributed by atoms with Gasteiger partial charge in [-0.25, -0.2) is 8.42 Å². The molecule has 0 aliphatic carbocycles. The van der Waals surface area contributed by atoms with E-state index in [0.717, 1.165) is 4.31 Å². The van der Waals surface area contributed by atoms with Gasteiger partial charge in [0.05, 0.1) is 17.5 Å². The van der Waals surface area contributed by atoms with Crippen LogP contribution in [0, 0.1) is 25.2 Å². The summed E-state index contributed by atoms with van der Waals surface area (Å²) in [6.07, 6.45) is 0. The number of nitrogens with one attached hydrogen (secondary N) is 1. The zero-order valence-electron chi connectivity index (χ0n) is 9.64. The highest BCUT2D eigenvalue weighted by atomic mass is 32.2. The van der Waals surface area contributed by atoms with Gasteiger partial charge in [0.1, 0.15) is 10.9 Å². The quantitative estimate of drug-likeness (QED) is 0.838. The van der Waals surface area contributed by atoms with E-state index in [0.29, 0.717) is 11.4 Å². The Balaban J connectivity index is 3.29. The van der Waals surface area contributed by atoms with Gasteiger partial charge in [0.25, 0.3) is 0 Å². The third kappa shape index (κ3) is 1.94. The molecule has 0 fully saturated rings. The number of aryl methyl sites for hydroxylation is 2. The Kier molecular flexibility index (Phi) is 3.35. The lowest BCUT2D eigenvalue weighted by molar-refractivity contribution is 0.441. The average Bonchev–Trinajstić information content (AvgIpc) is 2.56. The van der Waals surface area contributed by atoms with Crippen LogP contribution in [-0.4, -0.2) is 36.0 Å². The summed E-state index contributed by atoms with van der Waals surface area (Å²) in [6.45, 7) is 4.78. The average molecular weight is 242 g/mol. The van der Waals surface area contributed by atoms with E-state index in [4.69, 9.17) is 5.26 Å². The van der Waals surface area contributed by atoms with Crippen molar-refractivity contribution in [2.45, 2.75) is 31.7 Å². The molecule has 1 aromatic rings. The fraction of sp³-hybridized carbons (Fsp3) is 0.556. The maximum Gasteiger partial charge on any atom is 0.247 e. The molecule has 88 valence electrons. The summed E-state index contributed by atoms with van der Waals surface area (Å²) in [4.78, 5) is 0.150. The van der Waals surface area contributed by atoms with Crippen molar-refractivity contribution in [3.63, 3.8) is 0 Å². The molecule has 1 rings (SSSR count). The minimum absolute atomic E-state index is 0.150. The molecule has 1 N–H and O–H groups in total. The highest BCUT2D eigenvalue weighted by Gasteiger charge is 2.29. The van der Waals surface area contributed by atoms with Gasteiger partial charge < -0.3 is 0 Å². The summed E-state index contributed by atoms with van der Waals surface area (Å²) in [5, 5.41) is 15.2. The van der Waals surface area contributed by atoms with E-state index < -0.39 is 16.1 Å². The Morgan fingerprint density at radius 1 is 1.50 bits per heavy atom. The number of hydrogen-bond donors (Lipinski definition) is 1. The fourth-order valence-corrected chi connectivity index (χ4v) is 2.96. The minimum Gasteiger partial charge on any atom is -0.281 e. The summed E-state index contributed by atoms with van der Waals surface area (Å²) in [6, 6.07) is 1.18. The molecule has 0 bridgehead atoms. The molecule has 0 amide bonds. The van der Waals surface area contributed by atoms with E-state index >= 15 is 0 Å². The van der Waals surface area contributed by atoms with Crippen LogP contribution in [0.1, 0.15) is 18.3 Å². The molecule has 1 aromatic heterocycles. The van der Waals surface area contributed by atoms with Crippen molar-refractivity contribution in [2.75, 3.05) is 7.05 Å². The van der Waals surface area contributed by atoms with E-state index in [-0.39, 0.29) is 4.90 Å². The molecule has 7 heteroatoms. The van der Waals surface area contributed by atoms with Crippen molar-refractivity contribution < 1.29 is 8.42 Å². The van der Waals surface area contributed by atoms with Crippen LogP contribution in [0.15, 0.2) is 4.90 Å². The Hall–Kier alpha value is -1.39. The Morgan fingerprint density at radius 3 is 2.44 bits per heavy atom. The van der Waals surface area contributed by atoms with Gasteiger partial charge in [0.15, 0.2) is 0 Å². The van der Waals surface area contributed by atoms with Gasteiger partial charge in [0.2, 0.25) is 10.0 Å². The predicted molar refractivity (Wildman–Crippen MR) is 58.1 cm³/mol.